The molecule has 2 nitrogen and oxygen atoms in total. The minimum absolute atomic E-state index is 0.223. The van der Waals surface area contributed by atoms with E-state index in [2.05, 4.69) is 4.98 Å². The molecule has 0 bridgehead atoms. The van der Waals surface area contributed by atoms with Crippen LogP contribution in [0, 0.1) is 0 Å². The number of aryl methyl sites for hydroxylation is 1. The molecule has 4 aromatic rings. The molecule has 0 saturated heterocycles. The summed E-state index contributed by atoms with van der Waals surface area (Å²) in [5.74, 6) is 0. The summed E-state index contributed by atoms with van der Waals surface area (Å²) in [5, 5.41) is 0. The Balaban J connectivity index is 2.04. The van der Waals surface area contributed by atoms with Crippen molar-refractivity contribution in [1.29, 1.82) is 0 Å². The quantitative estimate of drug-likeness (QED) is 0.404. The van der Waals surface area contributed by atoms with E-state index < -0.39 is 11.7 Å². The van der Waals surface area contributed by atoms with Crippen molar-refractivity contribution < 1.29 is 13.2 Å². The van der Waals surface area contributed by atoms with Crippen LogP contribution in [-0.2, 0) is 12.6 Å². The second-order valence-corrected chi connectivity index (χ2v) is 6.50. The predicted octanol–water partition coefficient (Wildman–Crippen LogP) is 6.55. The third kappa shape index (κ3) is 3.36. The van der Waals surface area contributed by atoms with Gasteiger partial charge in [0.1, 0.15) is 0 Å². The van der Waals surface area contributed by atoms with E-state index in [-0.39, 0.29) is 17.5 Å². The van der Waals surface area contributed by atoms with Crippen molar-refractivity contribution in [2.24, 2.45) is 0 Å². The Bertz CT molecular complexity index is 1120. The number of hydrogen-bond donors (Lipinski definition) is 0. The molecule has 1 aromatic heterocycles. The Labute approximate surface area is 160 Å². The highest BCUT2D eigenvalue weighted by Crippen LogP contribution is 2.36. The standard InChI is InChI=1S/C23H17F3N2/c1-2-15-13-19-20(14-18(15)23(24,25)26)28-22(17-11-7-4-8-12-17)21(27-19)16-9-5-3-6-10-16/h3-14H,2H2,1H3. The average Bonchev–Trinajstić information content (AvgIpc) is 2.72. The van der Waals surface area contributed by atoms with Gasteiger partial charge in [0, 0.05) is 11.1 Å². The van der Waals surface area contributed by atoms with Gasteiger partial charge in [0.05, 0.1) is 28.0 Å². The molecule has 0 fully saturated rings. The summed E-state index contributed by atoms with van der Waals surface area (Å²) in [6.45, 7) is 1.71. The Morgan fingerprint density at radius 1 is 0.714 bits per heavy atom. The molecule has 0 amide bonds. The van der Waals surface area contributed by atoms with Crippen LogP contribution in [-0.4, -0.2) is 9.97 Å². The molecular formula is C23H17F3N2. The van der Waals surface area contributed by atoms with Crippen LogP contribution >= 0.6 is 0 Å². The molecule has 0 aliphatic heterocycles. The van der Waals surface area contributed by atoms with Crippen LogP contribution in [0.15, 0.2) is 72.8 Å². The van der Waals surface area contributed by atoms with Gasteiger partial charge in [-0.2, -0.15) is 13.2 Å². The maximum Gasteiger partial charge on any atom is 0.416 e. The minimum atomic E-state index is -4.42. The first-order chi connectivity index (χ1) is 13.5. The van der Waals surface area contributed by atoms with Crippen molar-refractivity contribution in [2.45, 2.75) is 19.5 Å². The third-order valence-electron chi connectivity index (χ3n) is 4.67. The molecule has 0 aliphatic rings. The average molecular weight is 378 g/mol. The normalized spacial score (nSPS) is 11.7. The van der Waals surface area contributed by atoms with Crippen molar-refractivity contribution in [1.82, 2.24) is 9.97 Å². The van der Waals surface area contributed by atoms with Crippen molar-refractivity contribution in [3.8, 4) is 22.5 Å². The summed E-state index contributed by atoms with van der Waals surface area (Å²) in [7, 11) is 0. The van der Waals surface area contributed by atoms with Gasteiger partial charge in [-0.1, -0.05) is 67.6 Å². The molecule has 1 heterocycles. The number of aromatic nitrogens is 2. The van der Waals surface area contributed by atoms with E-state index in [0.717, 1.165) is 17.2 Å². The van der Waals surface area contributed by atoms with Crippen LogP contribution in [0.2, 0.25) is 0 Å². The Morgan fingerprint density at radius 2 is 1.18 bits per heavy atom. The van der Waals surface area contributed by atoms with Gasteiger partial charge in [0.2, 0.25) is 0 Å². The molecule has 4 rings (SSSR count). The molecule has 0 atom stereocenters. The number of hydrogen-bond acceptors (Lipinski definition) is 2. The molecule has 140 valence electrons. The molecule has 5 heteroatoms. The molecule has 0 unspecified atom stereocenters. The van der Waals surface area contributed by atoms with Gasteiger partial charge in [0.15, 0.2) is 0 Å². The SMILES string of the molecule is CCc1cc2nc(-c3ccccc3)c(-c3ccccc3)nc2cc1C(F)(F)F. The summed E-state index contributed by atoms with van der Waals surface area (Å²) < 4.78 is 40.4. The highest BCUT2D eigenvalue weighted by molar-refractivity contribution is 5.87. The number of rotatable bonds is 3. The van der Waals surface area contributed by atoms with Gasteiger partial charge in [-0.05, 0) is 24.1 Å². The first-order valence-corrected chi connectivity index (χ1v) is 9.00. The highest BCUT2D eigenvalue weighted by atomic mass is 19.4. The molecule has 0 saturated carbocycles. The van der Waals surface area contributed by atoms with Gasteiger partial charge < -0.3 is 0 Å². The zero-order chi connectivity index (χ0) is 19.7. The zero-order valence-electron chi connectivity index (χ0n) is 15.2. The molecule has 0 aliphatic carbocycles. The first-order valence-electron chi connectivity index (χ1n) is 9.00. The lowest BCUT2D eigenvalue weighted by atomic mass is 10.0. The first kappa shape index (κ1) is 18.2. The van der Waals surface area contributed by atoms with Crippen LogP contribution in [0.5, 0.6) is 0 Å². The van der Waals surface area contributed by atoms with Crippen molar-refractivity contribution in [3.63, 3.8) is 0 Å². The van der Waals surface area contributed by atoms with Crippen molar-refractivity contribution >= 4 is 11.0 Å². The Kier molecular flexibility index (Phi) is 4.59. The second-order valence-electron chi connectivity index (χ2n) is 6.50. The monoisotopic (exact) mass is 378 g/mol. The number of fused-ring (bicyclic) bond motifs is 1. The summed E-state index contributed by atoms with van der Waals surface area (Å²) in [6.07, 6.45) is -4.15. The zero-order valence-corrected chi connectivity index (χ0v) is 15.2. The lowest BCUT2D eigenvalue weighted by molar-refractivity contribution is -0.138. The largest absolute Gasteiger partial charge is 0.416 e. The maximum absolute atomic E-state index is 13.5. The van der Waals surface area contributed by atoms with Crippen LogP contribution < -0.4 is 0 Å². The van der Waals surface area contributed by atoms with E-state index >= 15 is 0 Å². The van der Waals surface area contributed by atoms with Crippen LogP contribution in [0.25, 0.3) is 33.5 Å². The van der Waals surface area contributed by atoms with E-state index in [1.54, 1.807) is 6.92 Å². The van der Waals surface area contributed by atoms with Gasteiger partial charge in [0.25, 0.3) is 0 Å². The number of halogens is 3. The molecular weight excluding hydrogens is 361 g/mol. The topological polar surface area (TPSA) is 25.8 Å². The van der Waals surface area contributed by atoms with Crippen molar-refractivity contribution in [3.05, 3.63) is 83.9 Å². The molecule has 3 aromatic carbocycles. The van der Waals surface area contributed by atoms with Crippen LogP contribution in [0.1, 0.15) is 18.1 Å². The van der Waals surface area contributed by atoms with Gasteiger partial charge in [-0.3, -0.25) is 0 Å². The summed E-state index contributed by atoms with van der Waals surface area (Å²) >= 11 is 0. The summed E-state index contributed by atoms with van der Waals surface area (Å²) in [6, 6.07) is 21.6. The van der Waals surface area contributed by atoms with Crippen LogP contribution in [0.4, 0.5) is 13.2 Å². The molecule has 0 radical (unpaired) electrons. The van der Waals surface area contributed by atoms with Crippen molar-refractivity contribution in [2.75, 3.05) is 0 Å². The fraction of sp³-hybridized carbons (Fsp3) is 0.130. The van der Waals surface area contributed by atoms with Crippen LogP contribution in [0.3, 0.4) is 0 Å². The lowest BCUT2D eigenvalue weighted by Crippen LogP contribution is -2.09. The number of nitrogens with zero attached hydrogens (tertiary/aromatic N) is 2. The second kappa shape index (κ2) is 7.08. The maximum atomic E-state index is 13.5. The summed E-state index contributed by atoms with van der Waals surface area (Å²) in [5.41, 5.74) is 3.17. The molecule has 28 heavy (non-hydrogen) atoms. The Morgan fingerprint density at radius 3 is 1.61 bits per heavy atom. The molecule has 0 spiro atoms. The fourth-order valence-corrected chi connectivity index (χ4v) is 3.30. The van der Waals surface area contributed by atoms with Gasteiger partial charge in [-0.15, -0.1) is 0 Å². The molecule has 0 N–H and O–H groups in total. The summed E-state index contributed by atoms with van der Waals surface area (Å²) in [4.78, 5) is 9.33. The van der Waals surface area contributed by atoms with Gasteiger partial charge >= 0.3 is 6.18 Å². The lowest BCUT2D eigenvalue weighted by Gasteiger charge is -2.15. The van der Waals surface area contributed by atoms with E-state index in [1.807, 2.05) is 60.7 Å². The predicted molar refractivity (Wildman–Crippen MR) is 105 cm³/mol. The third-order valence-corrected chi connectivity index (χ3v) is 4.67. The van der Waals surface area contributed by atoms with E-state index in [9.17, 15) is 13.2 Å². The van der Waals surface area contributed by atoms with Gasteiger partial charge in [-0.25, -0.2) is 9.97 Å². The number of benzene rings is 3. The number of alkyl halides is 3. The minimum Gasteiger partial charge on any atom is -0.244 e. The fourth-order valence-electron chi connectivity index (χ4n) is 3.30. The van der Waals surface area contributed by atoms with E-state index in [1.165, 1.54) is 6.07 Å². The van der Waals surface area contributed by atoms with E-state index in [4.69, 9.17) is 4.98 Å². The van der Waals surface area contributed by atoms with E-state index in [0.29, 0.717) is 16.9 Å². The highest BCUT2D eigenvalue weighted by Gasteiger charge is 2.33. The smallest absolute Gasteiger partial charge is 0.244 e. The Hall–Kier alpha value is -3.21.